The normalized spacial score (nSPS) is 21.3. The first-order valence-corrected chi connectivity index (χ1v) is 7.49. The predicted molar refractivity (Wildman–Crippen MR) is 78.7 cm³/mol. The monoisotopic (exact) mass is 264 g/mol. The Morgan fingerprint density at radius 2 is 1.61 bits per heavy atom. The number of rotatable bonds is 2. The standard InChI is InChI=1S/C14H21BO2S/c1-10-7-8-11(12(9-10)18-6)15-16-13(2,3)14(4,5)17-15/h7-9H,1-6H3. The van der Waals surface area contributed by atoms with Crippen LogP contribution in [-0.4, -0.2) is 24.6 Å². The lowest BCUT2D eigenvalue weighted by Gasteiger charge is -2.32. The molecule has 0 saturated carbocycles. The van der Waals surface area contributed by atoms with Crippen LogP contribution >= 0.6 is 11.8 Å². The minimum atomic E-state index is -0.280. The van der Waals surface area contributed by atoms with Gasteiger partial charge in [-0.1, -0.05) is 17.7 Å². The van der Waals surface area contributed by atoms with E-state index >= 15 is 0 Å². The second-order valence-corrected chi connectivity index (χ2v) is 6.68. The molecule has 2 nitrogen and oxygen atoms in total. The molecule has 0 spiro atoms. The summed E-state index contributed by atoms with van der Waals surface area (Å²) in [4.78, 5) is 1.23. The molecule has 98 valence electrons. The van der Waals surface area contributed by atoms with Crippen LogP contribution in [0.15, 0.2) is 23.1 Å². The largest absolute Gasteiger partial charge is 0.495 e. The molecule has 0 amide bonds. The molecule has 0 aliphatic carbocycles. The van der Waals surface area contributed by atoms with Crippen LogP contribution < -0.4 is 5.46 Å². The van der Waals surface area contributed by atoms with Crippen LogP contribution in [-0.2, 0) is 9.31 Å². The van der Waals surface area contributed by atoms with Gasteiger partial charge in [0.1, 0.15) is 0 Å². The van der Waals surface area contributed by atoms with Gasteiger partial charge in [-0.15, -0.1) is 11.8 Å². The van der Waals surface area contributed by atoms with Crippen molar-refractivity contribution in [2.24, 2.45) is 0 Å². The maximum atomic E-state index is 6.10. The molecule has 1 aromatic carbocycles. The molecular formula is C14H21BO2S. The summed E-state index contributed by atoms with van der Waals surface area (Å²) in [6.45, 7) is 10.4. The first-order valence-electron chi connectivity index (χ1n) is 6.27. The van der Waals surface area contributed by atoms with E-state index in [4.69, 9.17) is 9.31 Å². The summed E-state index contributed by atoms with van der Waals surface area (Å²) in [6.07, 6.45) is 2.09. The molecule has 1 saturated heterocycles. The van der Waals surface area contributed by atoms with Crippen molar-refractivity contribution in [1.82, 2.24) is 0 Å². The lowest BCUT2D eigenvalue weighted by atomic mass is 9.79. The van der Waals surface area contributed by atoms with Crippen LogP contribution in [0.5, 0.6) is 0 Å². The van der Waals surface area contributed by atoms with Crippen molar-refractivity contribution in [1.29, 1.82) is 0 Å². The summed E-state index contributed by atoms with van der Waals surface area (Å²) < 4.78 is 12.2. The maximum absolute atomic E-state index is 6.10. The van der Waals surface area contributed by atoms with Crippen LogP contribution in [0.4, 0.5) is 0 Å². The molecular weight excluding hydrogens is 243 g/mol. The zero-order valence-electron chi connectivity index (χ0n) is 12.0. The summed E-state index contributed by atoms with van der Waals surface area (Å²) in [5, 5.41) is 0. The Kier molecular flexibility index (Phi) is 3.56. The van der Waals surface area contributed by atoms with Crippen LogP contribution in [0, 0.1) is 6.92 Å². The van der Waals surface area contributed by atoms with Gasteiger partial charge in [-0.25, -0.2) is 0 Å². The molecule has 0 atom stereocenters. The van der Waals surface area contributed by atoms with Gasteiger partial charge >= 0.3 is 7.12 Å². The topological polar surface area (TPSA) is 18.5 Å². The molecule has 0 radical (unpaired) electrons. The molecule has 18 heavy (non-hydrogen) atoms. The summed E-state index contributed by atoms with van der Waals surface area (Å²) >= 11 is 1.74. The van der Waals surface area contributed by atoms with Crippen molar-refractivity contribution in [3.8, 4) is 0 Å². The molecule has 1 heterocycles. The fourth-order valence-corrected chi connectivity index (χ4v) is 2.69. The molecule has 0 unspecified atom stereocenters. The molecule has 0 aromatic heterocycles. The van der Waals surface area contributed by atoms with Gasteiger partial charge in [0.25, 0.3) is 0 Å². The smallest absolute Gasteiger partial charge is 0.399 e. The lowest BCUT2D eigenvalue weighted by molar-refractivity contribution is 0.00578. The zero-order valence-corrected chi connectivity index (χ0v) is 12.9. The molecule has 1 fully saturated rings. The summed E-state index contributed by atoms with van der Waals surface area (Å²) in [7, 11) is -0.266. The van der Waals surface area contributed by atoms with E-state index in [1.165, 1.54) is 10.5 Å². The minimum Gasteiger partial charge on any atom is -0.399 e. The van der Waals surface area contributed by atoms with Crippen molar-refractivity contribution < 1.29 is 9.31 Å². The number of hydrogen-bond donors (Lipinski definition) is 0. The second kappa shape index (κ2) is 4.59. The Hall–Kier alpha value is -0.445. The Bertz CT molecular complexity index is 441. The van der Waals surface area contributed by atoms with E-state index in [9.17, 15) is 0 Å². The van der Waals surface area contributed by atoms with Crippen LogP contribution in [0.25, 0.3) is 0 Å². The fraction of sp³-hybridized carbons (Fsp3) is 0.571. The van der Waals surface area contributed by atoms with Crippen molar-refractivity contribution in [2.75, 3.05) is 6.26 Å². The molecule has 1 aliphatic rings. The molecule has 4 heteroatoms. The summed E-state index contributed by atoms with van der Waals surface area (Å²) in [5.74, 6) is 0. The third kappa shape index (κ3) is 2.34. The van der Waals surface area contributed by atoms with Crippen LogP contribution in [0.1, 0.15) is 33.3 Å². The zero-order chi connectivity index (χ0) is 13.6. The van der Waals surface area contributed by atoms with Gasteiger partial charge < -0.3 is 9.31 Å². The number of aryl methyl sites for hydroxylation is 1. The fourth-order valence-electron chi connectivity index (χ4n) is 1.98. The Labute approximate surface area is 115 Å². The van der Waals surface area contributed by atoms with Crippen molar-refractivity contribution in [3.63, 3.8) is 0 Å². The SMILES string of the molecule is CSc1cc(C)ccc1B1OC(C)(C)C(C)(C)O1. The highest BCUT2D eigenvalue weighted by molar-refractivity contribution is 7.98. The van der Waals surface area contributed by atoms with Crippen LogP contribution in [0.3, 0.4) is 0 Å². The Morgan fingerprint density at radius 3 is 2.11 bits per heavy atom. The molecule has 0 bridgehead atoms. The van der Waals surface area contributed by atoms with E-state index in [0.717, 1.165) is 5.46 Å². The summed E-state index contributed by atoms with van der Waals surface area (Å²) in [6, 6.07) is 6.41. The lowest BCUT2D eigenvalue weighted by Crippen LogP contribution is -2.41. The summed E-state index contributed by atoms with van der Waals surface area (Å²) in [5.41, 5.74) is 1.84. The van der Waals surface area contributed by atoms with E-state index in [-0.39, 0.29) is 18.3 Å². The Balaban J connectivity index is 2.35. The maximum Gasteiger partial charge on any atom is 0.495 e. The van der Waals surface area contributed by atoms with Crippen molar-refractivity contribution in [2.45, 2.75) is 50.7 Å². The Morgan fingerprint density at radius 1 is 1.06 bits per heavy atom. The highest BCUT2D eigenvalue weighted by Gasteiger charge is 2.52. The van der Waals surface area contributed by atoms with Crippen LogP contribution in [0.2, 0.25) is 0 Å². The number of benzene rings is 1. The van der Waals surface area contributed by atoms with Gasteiger partial charge in [-0.3, -0.25) is 0 Å². The third-order valence-corrected chi connectivity index (χ3v) is 4.69. The number of hydrogen-bond acceptors (Lipinski definition) is 3. The molecule has 0 N–H and O–H groups in total. The highest BCUT2D eigenvalue weighted by atomic mass is 32.2. The van der Waals surface area contributed by atoms with Crippen molar-refractivity contribution in [3.05, 3.63) is 23.8 Å². The molecule has 1 aliphatic heterocycles. The third-order valence-electron chi connectivity index (χ3n) is 3.90. The van der Waals surface area contributed by atoms with E-state index in [0.29, 0.717) is 0 Å². The number of thioether (sulfide) groups is 1. The first kappa shape index (κ1) is 14.0. The average molecular weight is 264 g/mol. The highest BCUT2D eigenvalue weighted by Crippen LogP contribution is 2.37. The van der Waals surface area contributed by atoms with E-state index < -0.39 is 0 Å². The van der Waals surface area contributed by atoms with E-state index in [2.05, 4.69) is 59.1 Å². The second-order valence-electron chi connectivity index (χ2n) is 5.83. The predicted octanol–water partition coefficient (Wildman–Crippen LogP) is 3.02. The van der Waals surface area contributed by atoms with Gasteiger partial charge in [-0.2, -0.15) is 0 Å². The van der Waals surface area contributed by atoms with Crippen molar-refractivity contribution >= 4 is 24.3 Å². The van der Waals surface area contributed by atoms with Gasteiger partial charge in [-0.05, 0) is 52.4 Å². The molecule has 2 rings (SSSR count). The quantitative estimate of drug-likeness (QED) is 0.604. The first-order chi connectivity index (χ1) is 8.27. The molecule has 1 aromatic rings. The van der Waals surface area contributed by atoms with E-state index in [1.807, 2.05) is 0 Å². The van der Waals surface area contributed by atoms with E-state index in [1.54, 1.807) is 11.8 Å². The average Bonchev–Trinajstić information content (AvgIpc) is 2.47. The van der Waals surface area contributed by atoms with Gasteiger partial charge in [0.2, 0.25) is 0 Å². The van der Waals surface area contributed by atoms with Gasteiger partial charge in [0.15, 0.2) is 0 Å². The minimum absolute atomic E-state index is 0.266. The van der Waals surface area contributed by atoms with Gasteiger partial charge in [0.05, 0.1) is 11.2 Å². The van der Waals surface area contributed by atoms with Gasteiger partial charge in [0, 0.05) is 4.90 Å².